The maximum Gasteiger partial charge on any atom is 0.242 e. The quantitative estimate of drug-likeness (QED) is 0.0811. The Morgan fingerprint density at radius 2 is 1.00 bits per heavy atom. The zero-order chi connectivity index (χ0) is 30.6. The summed E-state index contributed by atoms with van der Waals surface area (Å²) >= 11 is 0. The third-order valence-electron chi connectivity index (χ3n) is 7.25. The van der Waals surface area contributed by atoms with Gasteiger partial charge in [-0.2, -0.15) is 0 Å². The average Bonchev–Trinajstić information content (AvgIpc) is 2.93. The van der Waals surface area contributed by atoms with Crippen LogP contribution in [0.25, 0.3) is 0 Å². The van der Waals surface area contributed by atoms with Gasteiger partial charge in [0.1, 0.15) is 6.04 Å². The minimum atomic E-state index is -0.609. The predicted molar refractivity (Wildman–Crippen MR) is 169 cm³/mol. The molecular formula is C33H64N4O4. The van der Waals surface area contributed by atoms with Gasteiger partial charge in [0.2, 0.25) is 23.6 Å². The maximum absolute atomic E-state index is 12.9. The summed E-state index contributed by atoms with van der Waals surface area (Å²) in [6.07, 6.45) is 19.7. The van der Waals surface area contributed by atoms with E-state index in [1.54, 1.807) is 0 Å². The SMILES string of the molecule is CCCCCCCCCC(=O)NCCCCC(NC(=O)CCCCCCCCC)C(=O)NCCNC(=O)CC(C)C. The van der Waals surface area contributed by atoms with E-state index in [1.807, 2.05) is 13.8 Å². The van der Waals surface area contributed by atoms with E-state index in [4.69, 9.17) is 0 Å². The molecule has 0 radical (unpaired) electrons. The van der Waals surface area contributed by atoms with Gasteiger partial charge < -0.3 is 21.3 Å². The van der Waals surface area contributed by atoms with Crippen LogP contribution in [0.5, 0.6) is 0 Å². The first-order chi connectivity index (χ1) is 19.8. The van der Waals surface area contributed by atoms with Gasteiger partial charge in [0.15, 0.2) is 0 Å². The van der Waals surface area contributed by atoms with Crippen molar-refractivity contribution in [1.82, 2.24) is 21.3 Å². The van der Waals surface area contributed by atoms with E-state index in [-0.39, 0.29) is 29.5 Å². The Kier molecular flexibility index (Phi) is 26.6. The summed E-state index contributed by atoms with van der Waals surface area (Å²) in [6, 6.07) is -0.609. The summed E-state index contributed by atoms with van der Waals surface area (Å²) < 4.78 is 0. The molecule has 4 N–H and O–H groups in total. The summed E-state index contributed by atoms with van der Waals surface area (Å²) in [5, 5.41) is 11.6. The Bertz CT molecular complexity index is 684. The lowest BCUT2D eigenvalue weighted by molar-refractivity contribution is -0.129. The summed E-state index contributed by atoms with van der Waals surface area (Å²) in [5.74, 6) is 0.0368. The Balaban J connectivity index is 4.40. The third-order valence-corrected chi connectivity index (χ3v) is 7.25. The van der Waals surface area contributed by atoms with Crippen LogP contribution >= 0.6 is 0 Å². The first-order valence-electron chi connectivity index (χ1n) is 16.9. The number of nitrogens with one attached hydrogen (secondary N) is 4. The van der Waals surface area contributed by atoms with Gasteiger partial charge in [-0.3, -0.25) is 19.2 Å². The van der Waals surface area contributed by atoms with Gasteiger partial charge >= 0.3 is 0 Å². The van der Waals surface area contributed by atoms with Crippen LogP contribution < -0.4 is 21.3 Å². The zero-order valence-corrected chi connectivity index (χ0v) is 27.1. The van der Waals surface area contributed by atoms with E-state index < -0.39 is 6.04 Å². The first-order valence-corrected chi connectivity index (χ1v) is 16.9. The van der Waals surface area contributed by atoms with Crippen molar-refractivity contribution >= 4 is 23.6 Å². The molecule has 0 aromatic rings. The summed E-state index contributed by atoms with van der Waals surface area (Å²) in [7, 11) is 0. The second kappa shape index (κ2) is 28.0. The van der Waals surface area contributed by atoms with Gasteiger partial charge in [-0.1, -0.05) is 105 Å². The molecule has 0 heterocycles. The van der Waals surface area contributed by atoms with Crippen molar-refractivity contribution in [2.75, 3.05) is 19.6 Å². The van der Waals surface area contributed by atoms with E-state index in [1.165, 1.54) is 57.8 Å². The number of unbranched alkanes of at least 4 members (excludes halogenated alkanes) is 13. The molecule has 0 bridgehead atoms. The summed E-state index contributed by atoms with van der Waals surface area (Å²) in [5.41, 5.74) is 0. The molecule has 1 atom stereocenters. The molecule has 0 saturated carbocycles. The number of hydrogen-bond acceptors (Lipinski definition) is 4. The van der Waals surface area contributed by atoms with Crippen LogP contribution in [-0.4, -0.2) is 49.3 Å². The molecule has 0 aliphatic rings. The average molecular weight is 581 g/mol. The summed E-state index contributed by atoms with van der Waals surface area (Å²) in [6.45, 7) is 9.66. The van der Waals surface area contributed by atoms with Gasteiger partial charge in [0.05, 0.1) is 0 Å². The molecule has 8 nitrogen and oxygen atoms in total. The molecule has 0 spiro atoms. The molecule has 240 valence electrons. The fourth-order valence-electron chi connectivity index (χ4n) is 4.76. The molecule has 0 aromatic carbocycles. The molecule has 8 heteroatoms. The van der Waals surface area contributed by atoms with Crippen molar-refractivity contribution in [1.29, 1.82) is 0 Å². The fraction of sp³-hybridized carbons (Fsp3) is 0.879. The van der Waals surface area contributed by atoms with Crippen molar-refractivity contribution in [3.05, 3.63) is 0 Å². The monoisotopic (exact) mass is 580 g/mol. The number of rotatable bonds is 28. The number of carbonyl (C=O) groups excluding carboxylic acids is 4. The lowest BCUT2D eigenvalue weighted by Crippen LogP contribution is -2.48. The van der Waals surface area contributed by atoms with Crippen molar-refractivity contribution in [3.8, 4) is 0 Å². The smallest absolute Gasteiger partial charge is 0.242 e. The van der Waals surface area contributed by atoms with Crippen LogP contribution in [0.15, 0.2) is 0 Å². The number of hydrogen-bond donors (Lipinski definition) is 4. The third kappa shape index (κ3) is 26.5. The zero-order valence-electron chi connectivity index (χ0n) is 27.1. The minimum absolute atomic E-state index is 0.0252. The molecule has 41 heavy (non-hydrogen) atoms. The molecular weight excluding hydrogens is 516 g/mol. The first kappa shape index (κ1) is 38.9. The molecule has 0 aliphatic heterocycles. The van der Waals surface area contributed by atoms with Crippen LogP contribution in [0.3, 0.4) is 0 Å². The van der Waals surface area contributed by atoms with Gasteiger partial charge in [-0.15, -0.1) is 0 Å². The van der Waals surface area contributed by atoms with E-state index in [2.05, 4.69) is 35.1 Å². The van der Waals surface area contributed by atoms with Crippen molar-refractivity contribution in [3.63, 3.8) is 0 Å². The Morgan fingerprint density at radius 1 is 0.512 bits per heavy atom. The highest BCUT2D eigenvalue weighted by Gasteiger charge is 2.20. The van der Waals surface area contributed by atoms with E-state index in [0.717, 1.165) is 44.9 Å². The highest BCUT2D eigenvalue weighted by molar-refractivity contribution is 5.87. The topological polar surface area (TPSA) is 116 Å². The fourth-order valence-corrected chi connectivity index (χ4v) is 4.76. The van der Waals surface area contributed by atoms with Gasteiger partial charge in [-0.25, -0.2) is 0 Å². The van der Waals surface area contributed by atoms with E-state index >= 15 is 0 Å². The van der Waals surface area contributed by atoms with Crippen molar-refractivity contribution in [2.45, 2.75) is 162 Å². The van der Waals surface area contributed by atoms with Crippen LogP contribution in [-0.2, 0) is 19.2 Å². The molecule has 0 rings (SSSR count). The van der Waals surface area contributed by atoms with E-state index in [9.17, 15) is 19.2 Å². The second-order valence-electron chi connectivity index (χ2n) is 11.9. The lowest BCUT2D eigenvalue weighted by Gasteiger charge is -2.19. The Morgan fingerprint density at radius 3 is 1.56 bits per heavy atom. The minimum Gasteiger partial charge on any atom is -0.356 e. The van der Waals surface area contributed by atoms with Gasteiger partial charge in [0.25, 0.3) is 0 Å². The molecule has 0 fully saturated rings. The molecule has 0 aromatic heterocycles. The highest BCUT2D eigenvalue weighted by atomic mass is 16.2. The van der Waals surface area contributed by atoms with Crippen molar-refractivity contribution < 1.29 is 19.2 Å². The maximum atomic E-state index is 12.9. The lowest BCUT2D eigenvalue weighted by atomic mass is 10.1. The highest BCUT2D eigenvalue weighted by Crippen LogP contribution is 2.10. The Hall–Kier alpha value is -2.12. The van der Waals surface area contributed by atoms with Crippen molar-refractivity contribution in [2.24, 2.45) is 5.92 Å². The van der Waals surface area contributed by atoms with Crippen LogP contribution in [0.4, 0.5) is 0 Å². The second-order valence-corrected chi connectivity index (χ2v) is 11.9. The predicted octanol–water partition coefficient (Wildman–Crippen LogP) is 6.32. The molecule has 0 saturated heterocycles. The van der Waals surface area contributed by atoms with Crippen LogP contribution in [0.1, 0.15) is 156 Å². The van der Waals surface area contributed by atoms with E-state index in [0.29, 0.717) is 45.3 Å². The largest absolute Gasteiger partial charge is 0.356 e. The standard InChI is InChI=1S/C33H64N4O4/c1-5-7-9-11-13-15-17-22-30(38)34-24-20-19-21-29(33(41)36-26-25-35-32(40)27-28(3)4)37-31(39)23-18-16-14-12-10-8-6-2/h28-29H,5-27H2,1-4H3,(H,34,38)(H,35,40)(H,36,41)(H,37,39). The molecule has 1 unspecified atom stereocenters. The summed E-state index contributed by atoms with van der Waals surface area (Å²) in [4.78, 5) is 49.4. The number of carbonyl (C=O) groups is 4. The molecule has 4 amide bonds. The van der Waals surface area contributed by atoms with Crippen LogP contribution in [0, 0.1) is 5.92 Å². The Labute approximate surface area is 251 Å². The molecule has 0 aliphatic carbocycles. The number of amides is 4. The van der Waals surface area contributed by atoms with Crippen LogP contribution in [0.2, 0.25) is 0 Å². The van der Waals surface area contributed by atoms with Gasteiger partial charge in [-0.05, 0) is 38.0 Å². The van der Waals surface area contributed by atoms with Gasteiger partial charge in [0, 0.05) is 38.9 Å². The normalized spacial score (nSPS) is 11.7.